The molecule has 0 spiro atoms. The molecule has 0 aliphatic carbocycles. The molecule has 1 aliphatic heterocycles. The number of aromatic nitrogens is 3. The molecule has 152 valence electrons. The average Bonchev–Trinajstić information content (AvgIpc) is 3.33. The molecule has 1 N–H and O–H groups in total. The van der Waals surface area contributed by atoms with Gasteiger partial charge < -0.3 is 9.84 Å². The maximum absolute atomic E-state index is 11.3. The Hall–Kier alpha value is -2.74. The van der Waals surface area contributed by atoms with E-state index in [4.69, 9.17) is 14.6 Å². The highest BCUT2D eigenvalue weighted by molar-refractivity contribution is 5.72. The van der Waals surface area contributed by atoms with Crippen LogP contribution in [0.25, 0.3) is 0 Å². The number of methoxy groups -OCH3 is 1. The van der Waals surface area contributed by atoms with Crippen LogP contribution in [-0.2, 0) is 40.3 Å². The molecule has 1 saturated heterocycles. The fourth-order valence-electron chi connectivity index (χ4n) is 3.46. The van der Waals surface area contributed by atoms with Crippen LogP contribution in [0, 0.1) is 5.92 Å². The van der Waals surface area contributed by atoms with Crippen molar-refractivity contribution >= 4 is 12.4 Å². The van der Waals surface area contributed by atoms with Crippen LogP contribution in [0.4, 0.5) is 0 Å². The zero-order valence-electron chi connectivity index (χ0n) is 16.5. The lowest BCUT2D eigenvalue weighted by Crippen LogP contribution is -2.23. The monoisotopic (exact) mass is 388 g/mol. The molecular formula is C20H28N4O4. The Morgan fingerprint density at radius 1 is 1.32 bits per heavy atom. The number of hydrogen-bond donors (Lipinski definition) is 1. The molecule has 1 aromatic heterocycles. The molecule has 0 radical (unpaired) electrons. The van der Waals surface area contributed by atoms with Crippen molar-refractivity contribution in [3.8, 4) is 0 Å². The predicted molar refractivity (Wildman–Crippen MR) is 104 cm³/mol. The number of benzene rings is 1. The zero-order chi connectivity index (χ0) is 20.4. The highest BCUT2D eigenvalue weighted by atomic mass is 16.5. The summed E-state index contributed by atoms with van der Waals surface area (Å²) in [6.07, 6.45) is 4.27. The average molecular weight is 388 g/mol. The summed E-state index contributed by atoms with van der Waals surface area (Å²) in [5.74, 6) is 1.53. The highest BCUT2D eigenvalue weighted by Gasteiger charge is 2.23. The molecule has 0 saturated carbocycles. The third-order valence-electron chi connectivity index (χ3n) is 4.85. The van der Waals surface area contributed by atoms with Crippen molar-refractivity contribution in [3.05, 3.63) is 47.5 Å². The number of rotatable bonds is 7. The number of esters is 1. The molecule has 2 heterocycles. The van der Waals surface area contributed by atoms with Crippen LogP contribution in [0.5, 0.6) is 0 Å². The highest BCUT2D eigenvalue weighted by Crippen LogP contribution is 2.22. The number of carbonyl (C=O) groups is 2. The SMILES string of the molecule is CCn1ncnc1CN1CCC(Cc2ccc(CC(=O)OC)cc2)C1.O=CO. The van der Waals surface area contributed by atoms with Gasteiger partial charge in [0.25, 0.3) is 6.47 Å². The molecule has 3 rings (SSSR count). The van der Waals surface area contributed by atoms with Crippen LogP contribution in [0.2, 0.25) is 0 Å². The minimum atomic E-state index is -0.250. The van der Waals surface area contributed by atoms with E-state index in [0.29, 0.717) is 12.3 Å². The molecule has 1 aliphatic rings. The number of likely N-dealkylation sites (tertiary alicyclic amines) is 1. The molecule has 2 aromatic rings. The van der Waals surface area contributed by atoms with E-state index in [-0.39, 0.29) is 12.4 Å². The first-order valence-electron chi connectivity index (χ1n) is 9.41. The lowest BCUT2D eigenvalue weighted by atomic mass is 9.97. The molecule has 0 amide bonds. The first-order valence-corrected chi connectivity index (χ1v) is 9.41. The van der Waals surface area contributed by atoms with Gasteiger partial charge in [0, 0.05) is 13.1 Å². The van der Waals surface area contributed by atoms with E-state index in [1.165, 1.54) is 19.1 Å². The van der Waals surface area contributed by atoms with Gasteiger partial charge >= 0.3 is 5.97 Å². The number of ether oxygens (including phenoxy) is 1. The van der Waals surface area contributed by atoms with Gasteiger partial charge in [0.15, 0.2) is 0 Å². The smallest absolute Gasteiger partial charge is 0.309 e. The van der Waals surface area contributed by atoms with E-state index in [1.54, 1.807) is 6.33 Å². The maximum atomic E-state index is 11.3. The standard InChI is InChI=1S/C19H26N4O2.CH2O2/c1-3-23-18(20-14-21-23)13-22-9-8-17(12-22)10-15-4-6-16(7-5-15)11-19(24)25-2;2-1-3/h4-7,14,17H,3,8-13H2,1-2H3;1H,(H,2,3). The van der Waals surface area contributed by atoms with Gasteiger partial charge in [-0.1, -0.05) is 24.3 Å². The summed E-state index contributed by atoms with van der Waals surface area (Å²) in [6.45, 7) is 5.80. The van der Waals surface area contributed by atoms with Crippen LogP contribution in [0.15, 0.2) is 30.6 Å². The fourth-order valence-corrected chi connectivity index (χ4v) is 3.46. The van der Waals surface area contributed by atoms with Gasteiger partial charge in [-0.3, -0.25) is 14.5 Å². The van der Waals surface area contributed by atoms with Crippen LogP contribution in [0.1, 0.15) is 30.3 Å². The van der Waals surface area contributed by atoms with Crippen molar-refractivity contribution in [1.82, 2.24) is 19.7 Å². The van der Waals surface area contributed by atoms with E-state index in [2.05, 4.69) is 34.0 Å². The van der Waals surface area contributed by atoms with Gasteiger partial charge in [-0.25, -0.2) is 9.67 Å². The topological polar surface area (TPSA) is 97.5 Å². The van der Waals surface area contributed by atoms with Gasteiger partial charge in [-0.15, -0.1) is 0 Å². The van der Waals surface area contributed by atoms with Crippen LogP contribution in [-0.4, -0.2) is 57.4 Å². The lowest BCUT2D eigenvalue weighted by Gasteiger charge is -2.16. The fraction of sp³-hybridized carbons (Fsp3) is 0.500. The van der Waals surface area contributed by atoms with Crippen LogP contribution in [0.3, 0.4) is 0 Å². The molecule has 8 nitrogen and oxygen atoms in total. The summed E-state index contributed by atoms with van der Waals surface area (Å²) in [6, 6.07) is 8.33. The van der Waals surface area contributed by atoms with Gasteiger partial charge in [0.05, 0.1) is 20.1 Å². The first-order chi connectivity index (χ1) is 13.6. The Morgan fingerprint density at radius 2 is 2.00 bits per heavy atom. The first kappa shape index (κ1) is 21.6. The molecule has 1 aromatic carbocycles. The summed E-state index contributed by atoms with van der Waals surface area (Å²) in [4.78, 5) is 26.5. The second-order valence-corrected chi connectivity index (χ2v) is 6.76. The summed E-state index contributed by atoms with van der Waals surface area (Å²) >= 11 is 0. The van der Waals surface area contributed by atoms with E-state index in [9.17, 15) is 4.79 Å². The van der Waals surface area contributed by atoms with E-state index in [1.807, 2.05) is 16.8 Å². The molecule has 1 fully saturated rings. The van der Waals surface area contributed by atoms with Gasteiger partial charge in [-0.2, -0.15) is 5.10 Å². The van der Waals surface area contributed by atoms with Gasteiger partial charge in [0.1, 0.15) is 12.2 Å². The molecule has 8 heteroatoms. The van der Waals surface area contributed by atoms with Gasteiger partial charge in [-0.05, 0) is 43.4 Å². The quantitative estimate of drug-likeness (QED) is 0.570. The van der Waals surface area contributed by atoms with Crippen molar-refractivity contribution in [2.45, 2.75) is 39.3 Å². The Bertz CT molecular complexity index is 745. The van der Waals surface area contributed by atoms with Crippen LogP contribution < -0.4 is 0 Å². The predicted octanol–water partition coefficient (Wildman–Crippen LogP) is 1.78. The molecule has 28 heavy (non-hydrogen) atoms. The van der Waals surface area contributed by atoms with Crippen molar-refractivity contribution in [3.63, 3.8) is 0 Å². The van der Waals surface area contributed by atoms with Crippen molar-refractivity contribution in [2.24, 2.45) is 5.92 Å². The minimum Gasteiger partial charge on any atom is -0.483 e. The third kappa shape index (κ3) is 6.45. The summed E-state index contributed by atoms with van der Waals surface area (Å²) in [5, 5.41) is 11.1. The Kier molecular flexibility index (Phi) is 8.61. The van der Waals surface area contributed by atoms with Crippen molar-refractivity contribution < 1.29 is 19.4 Å². The van der Waals surface area contributed by atoms with E-state index < -0.39 is 0 Å². The number of hydrogen-bond acceptors (Lipinski definition) is 6. The molecule has 1 unspecified atom stereocenters. The number of nitrogens with zero attached hydrogens (tertiary/aromatic N) is 4. The molecule has 1 atom stereocenters. The van der Waals surface area contributed by atoms with E-state index >= 15 is 0 Å². The second kappa shape index (κ2) is 11.2. The maximum Gasteiger partial charge on any atom is 0.309 e. The van der Waals surface area contributed by atoms with E-state index in [0.717, 1.165) is 44.0 Å². The summed E-state index contributed by atoms with van der Waals surface area (Å²) < 4.78 is 6.67. The number of aryl methyl sites for hydroxylation is 1. The molecular weight excluding hydrogens is 360 g/mol. The number of carbonyl (C=O) groups excluding carboxylic acids is 1. The largest absolute Gasteiger partial charge is 0.483 e. The Labute approximate surface area is 165 Å². The summed E-state index contributed by atoms with van der Waals surface area (Å²) in [5.41, 5.74) is 2.33. The van der Waals surface area contributed by atoms with Crippen LogP contribution >= 0.6 is 0 Å². The molecule has 0 bridgehead atoms. The third-order valence-corrected chi connectivity index (χ3v) is 4.85. The Morgan fingerprint density at radius 3 is 2.64 bits per heavy atom. The summed E-state index contributed by atoms with van der Waals surface area (Å²) in [7, 11) is 1.42. The normalized spacial score (nSPS) is 16.3. The second-order valence-electron chi connectivity index (χ2n) is 6.76. The van der Waals surface area contributed by atoms with Crippen molar-refractivity contribution in [2.75, 3.05) is 20.2 Å². The Balaban J connectivity index is 0.000000878. The van der Waals surface area contributed by atoms with Gasteiger partial charge in [0.2, 0.25) is 0 Å². The number of carboxylic acid groups (broad SMARTS) is 1. The zero-order valence-corrected chi connectivity index (χ0v) is 16.5. The van der Waals surface area contributed by atoms with Crippen molar-refractivity contribution in [1.29, 1.82) is 0 Å². The lowest BCUT2D eigenvalue weighted by molar-refractivity contribution is -0.139. The minimum absolute atomic E-state index is 0.195.